The molecule has 3 heterocycles. The topological polar surface area (TPSA) is 88.5 Å². The molecule has 0 bridgehead atoms. The maximum Gasteiger partial charge on any atom is 0.268 e. The van der Waals surface area contributed by atoms with Gasteiger partial charge in [0, 0.05) is 17.5 Å². The third-order valence-corrected chi connectivity index (χ3v) is 8.84. The molecule has 2 atom stereocenters. The molecule has 8 nitrogen and oxygen atoms in total. The van der Waals surface area contributed by atoms with Crippen molar-refractivity contribution in [3.05, 3.63) is 76.5 Å². The van der Waals surface area contributed by atoms with Crippen molar-refractivity contribution < 1.29 is 18.7 Å². The number of alkyl halides is 1. The standard InChI is InChI=1S/C32H36FN5O3S/c1-7-29(39)37-14-15-41-26-11-9-22(17-25(26)37)38-24-10-8-21(18-34-20(3)32(4,5)6)16-23(24)35-31(38)36-30(40)28-13-12-27(42-28)19(2)33/h7-13,16-17,19-20,34H,1,14-15,18H2,2-6H3,(H,35,36,40)/t19?,20-/m0/s1. The summed E-state index contributed by atoms with van der Waals surface area (Å²) >= 11 is 1.11. The number of benzene rings is 2. The van der Waals surface area contributed by atoms with Gasteiger partial charge in [0.25, 0.3) is 11.8 Å². The fourth-order valence-electron chi connectivity index (χ4n) is 4.69. The molecule has 2 aromatic heterocycles. The number of anilines is 2. The number of amides is 2. The number of carbonyl (C=O) groups excluding carboxylic acids is 2. The molecule has 220 valence electrons. The Labute approximate surface area is 249 Å². The summed E-state index contributed by atoms with van der Waals surface area (Å²) in [5, 5.41) is 6.52. The number of ether oxygens (including phenoxy) is 1. The van der Waals surface area contributed by atoms with Crippen molar-refractivity contribution in [3.63, 3.8) is 0 Å². The zero-order valence-corrected chi connectivity index (χ0v) is 25.3. The number of imidazole rings is 1. The van der Waals surface area contributed by atoms with Crippen LogP contribution < -0.4 is 20.3 Å². The molecule has 0 spiro atoms. The van der Waals surface area contributed by atoms with E-state index >= 15 is 0 Å². The van der Waals surface area contributed by atoms with Crippen molar-refractivity contribution in [2.24, 2.45) is 5.41 Å². The average molecular weight is 590 g/mol. The van der Waals surface area contributed by atoms with Crippen molar-refractivity contribution in [2.75, 3.05) is 23.4 Å². The summed E-state index contributed by atoms with van der Waals surface area (Å²) < 4.78 is 21.5. The fraction of sp³-hybridized carbons (Fsp3) is 0.344. The first-order valence-corrected chi connectivity index (χ1v) is 14.8. The molecule has 1 aliphatic rings. The van der Waals surface area contributed by atoms with Gasteiger partial charge in [0.1, 0.15) is 18.5 Å². The van der Waals surface area contributed by atoms with Crippen molar-refractivity contribution in [1.29, 1.82) is 0 Å². The lowest BCUT2D eigenvalue weighted by Gasteiger charge is -2.29. The second-order valence-electron chi connectivity index (χ2n) is 11.5. The highest BCUT2D eigenvalue weighted by atomic mass is 32.1. The van der Waals surface area contributed by atoms with E-state index in [0.29, 0.717) is 64.1 Å². The molecule has 2 N–H and O–H groups in total. The Bertz CT molecular complexity index is 1650. The van der Waals surface area contributed by atoms with E-state index < -0.39 is 6.17 Å². The van der Waals surface area contributed by atoms with Crippen LogP contribution in [0.4, 0.5) is 16.0 Å². The van der Waals surface area contributed by atoms with E-state index in [-0.39, 0.29) is 17.2 Å². The number of hydrogen-bond acceptors (Lipinski definition) is 6. The van der Waals surface area contributed by atoms with Gasteiger partial charge in [-0.2, -0.15) is 0 Å². The van der Waals surface area contributed by atoms with Crippen molar-refractivity contribution in [3.8, 4) is 11.4 Å². The van der Waals surface area contributed by atoms with E-state index in [0.717, 1.165) is 22.4 Å². The van der Waals surface area contributed by atoms with E-state index in [2.05, 4.69) is 44.9 Å². The Morgan fingerprint density at radius 2 is 1.95 bits per heavy atom. The summed E-state index contributed by atoms with van der Waals surface area (Å²) in [5.41, 5.74) is 3.95. The third-order valence-electron chi connectivity index (χ3n) is 7.60. The summed E-state index contributed by atoms with van der Waals surface area (Å²) in [7, 11) is 0. The largest absolute Gasteiger partial charge is 0.490 e. The van der Waals surface area contributed by atoms with Gasteiger partial charge in [0.05, 0.1) is 33.8 Å². The summed E-state index contributed by atoms with van der Waals surface area (Å²) in [4.78, 5) is 33.2. The van der Waals surface area contributed by atoms with Crippen LogP contribution in [0.5, 0.6) is 5.75 Å². The quantitative estimate of drug-likeness (QED) is 0.221. The molecule has 2 aromatic carbocycles. The summed E-state index contributed by atoms with van der Waals surface area (Å²) in [5.74, 6) is 0.291. The minimum Gasteiger partial charge on any atom is -0.490 e. The molecular weight excluding hydrogens is 553 g/mol. The summed E-state index contributed by atoms with van der Waals surface area (Å²) in [6.07, 6.45) is 0.122. The molecule has 0 radical (unpaired) electrons. The molecule has 2 amide bonds. The van der Waals surface area contributed by atoms with Crippen molar-refractivity contribution in [1.82, 2.24) is 14.9 Å². The van der Waals surface area contributed by atoms with E-state index in [1.54, 1.807) is 17.0 Å². The van der Waals surface area contributed by atoms with Crippen molar-refractivity contribution >= 4 is 45.8 Å². The third kappa shape index (κ3) is 5.96. The predicted octanol–water partition coefficient (Wildman–Crippen LogP) is 6.81. The number of aromatic nitrogens is 2. The summed E-state index contributed by atoms with van der Waals surface area (Å²) in [6.45, 7) is 15.3. The van der Waals surface area contributed by atoms with E-state index in [1.807, 2.05) is 41.0 Å². The second-order valence-corrected chi connectivity index (χ2v) is 12.6. The average Bonchev–Trinajstić information content (AvgIpc) is 3.59. The van der Waals surface area contributed by atoms with Crippen LogP contribution in [-0.2, 0) is 11.3 Å². The Morgan fingerprint density at radius 1 is 1.17 bits per heavy atom. The molecule has 0 aliphatic carbocycles. The minimum atomic E-state index is -1.16. The lowest BCUT2D eigenvalue weighted by atomic mass is 9.88. The number of fused-ring (bicyclic) bond motifs is 2. The Hall–Kier alpha value is -4.02. The van der Waals surface area contributed by atoms with Gasteiger partial charge in [-0.05, 0) is 73.4 Å². The van der Waals surface area contributed by atoms with Crippen LogP contribution in [0.1, 0.15) is 60.9 Å². The zero-order chi connectivity index (χ0) is 30.2. The highest BCUT2D eigenvalue weighted by Gasteiger charge is 2.25. The van der Waals surface area contributed by atoms with Crippen LogP contribution >= 0.6 is 11.3 Å². The predicted molar refractivity (Wildman–Crippen MR) is 167 cm³/mol. The van der Waals surface area contributed by atoms with Crippen molar-refractivity contribution in [2.45, 2.75) is 53.4 Å². The van der Waals surface area contributed by atoms with Crippen LogP contribution in [0.2, 0.25) is 0 Å². The zero-order valence-electron chi connectivity index (χ0n) is 24.5. The van der Waals surface area contributed by atoms with Crippen LogP contribution in [-0.4, -0.2) is 40.6 Å². The van der Waals surface area contributed by atoms with Crippen LogP contribution in [0.3, 0.4) is 0 Å². The van der Waals surface area contributed by atoms with Gasteiger partial charge in [-0.3, -0.25) is 19.5 Å². The van der Waals surface area contributed by atoms with Gasteiger partial charge < -0.3 is 15.0 Å². The van der Waals surface area contributed by atoms with E-state index in [9.17, 15) is 14.0 Å². The van der Waals surface area contributed by atoms with Gasteiger partial charge in [0.15, 0.2) is 0 Å². The molecule has 10 heteroatoms. The van der Waals surface area contributed by atoms with Gasteiger partial charge >= 0.3 is 0 Å². The van der Waals surface area contributed by atoms with Gasteiger partial charge in [0.2, 0.25) is 5.95 Å². The van der Waals surface area contributed by atoms with Gasteiger partial charge in [-0.25, -0.2) is 9.37 Å². The first-order chi connectivity index (χ1) is 20.0. The van der Waals surface area contributed by atoms with E-state index in [1.165, 1.54) is 13.0 Å². The highest BCUT2D eigenvalue weighted by Crippen LogP contribution is 2.36. The van der Waals surface area contributed by atoms with Gasteiger partial charge in [-0.1, -0.05) is 33.4 Å². The number of carbonyl (C=O) groups is 2. The molecule has 1 aliphatic heterocycles. The molecule has 0 saturated heterocycles. The Morgan fingerprint density at radius 3 is 2.64 bits per heavy atom. The number of halogens is 1. The number of rotatable bonds is 8. The maximum atomic E-state index is 13.8. The second kappa shape index (κ2) is 11.7. The molecule has 42 heavy (non-hydrogen) atoms. The maximum absolute atomic E-state index is 13.8. The molecule has 4 aromatic rings. The van der Waals surface area contributed by atoms with Crippen LogP contribution in [0.25, 0.3) is 16.7 Å². The molecule has 0 fully saturated rings. The van der Waals surface area contributed by atoms with Crippen LogP contribution in [0.15, 0.2) is 61.2 Å². The number of nitrogens with one attached hydrogen (secondary N) is 2. The SMILES string of the molecule is C=CC(=O)N1CCOc2ccc(-n3c(NC(=O)c4ccc(C(C)F)s4)nc4cc(CN[C@@H](C)C(C)(C)C)ccc43)cc21. The smallest absolute Gasteiger partial charge is 0.268 e. The summed E-state index contributed by atoms with van der Waals surface area (Å²) in [6, 6.07) is 15.1. The Kier molecular flexibility index (Phi) is 8.21. The highest BCUT2D eigenvalue weighted by molar-refractivity contribution is 7.14. The van der Waals surface area contributed by atoms with Crippen LogP contribution in [0, 0.1) is 5.41 Å². The lowest BCUT2D eigenvalue weighted by Crippen LogP contribution is -2.37. The fourth-order valence-corrected chi connectivity index (χ4v) is 5.53. The monoisotopic (exact) mass is 589 g/mol. The first kappa shape index (κ1) is 29.5. The molecule has 0 saturated carbocycles. The molecule has 1 unspecified atom stereocenters. The number of nitrogens with zero attached hydrogens (tertiary/aromatic N) is 3. The lowest BCUT2D eigenvalue weighted by molar-refractivity contribution is -0.114. The number of hydrogen-bond donors (Lipinski definition) is 2. The minimum absolute atomic E-state index is 0.113. The molecular formula is C32H36FN5O3S. The molecule has 5 rings (SSSR count). The Balaban J connectivity index is 1.57. The normalized spacial score (nSPS) is 14.7. The first-order valence-electron chi connectivity index (χ1n) is 14.0. The van der Waals surface area contributed by atoms with E-state index in [4.69, 9.17) is 9.72 Å². The number of thiophene rings is 1. The van der Waals surface area contributed by atoms with Gasteiger partial charge in [-0.15, -0.1) is 11.3 Å².